The molecule has 0 aromatic heterocycles. The van der Waals surface area contributed by atoms with Gasteiger partial charge in [0.05, 0.1) is 6.54 Å². The van der Waals surface area contributed by atoms with Gasteiger partial charge in [0.1, 0.15) is 10.6 Å². The van der Waals surface area contributed by atoms with E-state index in [0.29, 0.717) is 30.3 Å². The Morgan fingerprint density at radius 2 is 1.69 bits per heavy atom. The molecule has 0 bridgehead atoms. The third kappa shape index (κ3) is 7.36. The van der Waals surface area contributed by atoms with Gasteiger partial charge in [0.25, 0.3) is 0 Å². The molecule has 1 aliphatic rings. The first-order valence-electron chi connectivity index (χ1n) is 12.4. The highest BCUT2D eigenvalue weighted by Gasteiger charge is 2.28. The minimum atomic E-state index is -4.16. The first kappa shape index (κ1) is 27.3. The van der Waals surface area contributed by atoms with E-state index in [1.165, 1.54) is 31.2 Å². The molecule has 0 unspecified atom stereocenters. The molecule has 0 aliphatic heterocycles. The average Bonchev–Trinajstić information content (AvgIpc) is 3.65. The molecule has 2 aromatic rings. The van der Waals surface area contributed by atoms with E-state index in [4.69, 9.17) is 4.18 Å². The van der Waals surface area contributed by atoms with Crippen molar-refractivity contribution in [1.29, 1.82) is 0 Å². The lowest BCUT2D eigenvalue weighted by Gasteiger charge is -2.26. The summed E-state index contributed by atoms with van der Waals surface area (Å²) >= 11 is 0. The summed E-state index contributed by atoms with van der Waals surface area (Å²) in [5.41, 5.74) is 1.93. The minimum absolute atomic E-state index is 0.0330. The predicted octanol–water partition coefficient (Wildman–Crippen LogP) is 4.20. The van der Waals surface area contributed by atoms with Crippen molar-refractivity contribution in [2.24, 2.45) is 5.92 Å². The van der Waals surface area contributed by atoms with E-state index in [-0.39, 0.29) is 29.1 Å². The van der Waals surface area contributed by atoms with Gasteiger partial charge in [-0.1, -0.05) is 6.07 Å². The van der Waals surface area contributed by atoms with Crippen LogP contribution in [0.1, 0.15) is 46.1 Å². The van der Waals surface area contributed by atoms with Gasteiger partial charge >= 0.3 is 16.1 Å². The van der Waals surface area contributed by atoms with E-state index in [1.54, 1.807) is 11.0 Å². The van der Waals surface area contributed by atoms with Crippen molar-refractivity contribution in [1.82, 2.24) is 10.2 Å². The zero-order chi connectivity index (χ0) is 26.3. The van der Waals surface area contributed by atoms with Crippen LogP contribution in [0, 0.1) is 5.92 Å². The van der Waals surface area contributed by atoms with Crippen molar-refractivity contribution >= 4 is 33.4 Å². The second-order valence-electron chi connectivity index (χ2n) is 8.87. The van der Waals surface area contributed by atoms with E-state index in [2.05, 4.69) is 15.5 Å². The van der Waals surface area contributed by atoms with Gasteiger partial charge < -0.3 is 24.6 Å². The molecule has 1 aliphatic carbocycles. The topological polar surface area (TPSA) is 108 Å². The van der Waals surface area contributed by atoms with Gasteiger partial charge in [0.2, 0.25) is 5.91 Å². The van der Waals surface area contributed by atoms with Crippen LogP contribution >= 0.6 is 0 Å². The van der Waals surface area contributed by atoms with E-state index in [9.17, 15) is 18.0 Å². The van der Waals surface area contributed by atoms with Gasteiger partial charge in [-0.05, 0) is 69.9 Å². The molecule has 9 nitrogen and oxygen atoms in total. The zero-order valence-corrected chi connectivity index (χ0v) is 22.2. The second kappa shape index (κ2) is 12.1. The molecule has 196 valence electrons. The molecule has 0 heterocycles. The van der Waals surface area contributed by atoms with Gasteiger partial charge in [0, 0.05) is 56.1 Å². The van der Waals surface area contributed by atoms with Gasteiger partial charge in [-0.15, -0.1) is 0 Å². The highest BCUT2D eigenvalue weighted by atomic mass is 32.2. The molecule has 3 amide bonds. The molecule has 1 saturated carbocycles. The third-order valence-electron chi connectivity index (χ3n) is 5.99. The zero-order valence-electron chi connectivity index (χ0n) is 21.4. The summed E-state index contributed by atoms with van der Waals surface area (Å²) in [7, 11) is -4.16. The summed E-state index contributed by atoms with van der Waals surface area (Å²) in [5.74, 6) is 0.413. The van der Waals surface area contributed by atoms with Gasteiger partial charge in [-0.3, -0.25) is 4.79 Å². The quantitative estimate of drug-likeness (QED) is 0.410. The molecule has 0 atom stereocenters. The number of rotatable bonds is 12. The normalized spacial score (nSPS) is 13.1. The summed E-state index contributed by atoms with van der Waals surface area (Å²) in [6.45, 7) is 10.1. The molecule has 1 fully saturated rings. The van der Waals surface area contributed by atoms with E-state index >= 15 is 0 Å². The Kier molecular flexibility index (Phi) is 9.19. The highest BCUT2D eigenvalue weighted by Crippen LogP contribution is 2.33. The molecule has 2 aromatic carbocycles. The summed E-state index contributed by atoms with van der Waals surface area (Å²) in [6.07, 6.45) is 2.17. The van der Waals surface area contributed by atoms with Crippen molar-refractivity contribution in [2.45, 2.75) is 52.0 Å². The molecule has 3 rings (SSSR count). The van der Waals surface area contributed by atoms with Crippen molar-refractivity contribution in [3.8, 4) is 5.75 Å². The SMILES string of the molecule is CCNC(=O)N(Cc1ccc(N(CC)CC)cc1OS(=O)(=O)c1ccc(NC(C)=O)cc1)CC1CC1. The second-order valence-corrected chi connectivity index (χ2v) is 10.4. The Bertz CT molecular complexity index is 1160. The lowest BCUT2D eigenvalue weighted by molar-refractivity contribution is -0.114. The van der Waals surface area contributed by atoms with Crippen molar-refractivity contribution < 1.29 is 22.2 Å². The molecule has 2 N–H and O–H groups in total. The van der Waals surface area contributed by atoms with Crippen LogP contribution in [-0.4, -0.2) is 51.4 Å². The van der Waals surface area contributed by atoms with Crippen LogP contribution in [0.4, 0.5) is 16.2 Å². The molecular formula is C26H36N4O5S. The van der Waals surface area contributed by atoms with E-state index < -0.39 is 10.1 Å². The van der Waals surface area contributed by atoms with E-state index in [1.807, 2.05) is 32.9 Å². The Hall–Kier alpha value is -3.27. The maximum Gasteiger partial charge on any atom is 0.339 e. The fourth-order valence-corrected chi connectivity index (χ4v) is 4.87. The van der Waals surface area contributed by atoms with Gasteiger partial charge in [-0.25, -0.2) is 4.79 Å². The number of amides is 3. The highest BCUT2D eigenvalue weighted by molar-refractivity contribution is 7.87. The van der Waals surface area contributed by atoms with Crippen LogP contribution in [0.2, 0.25) is 0 Å². The van der Waals surface area contributed by atoms with Crippen LogP contribution in [0.15, 0.2) is 47.4 Å². The molecular weight excluding hydrogens is 480 g/mol. The Balaban J connectivity index is 1.94. The van der Waals surface area contributed by atoms with Crippen molar-refractivity contribution in [2.75, 3.05) is 36.4 Å². The van der Waals surface area contributed by atoms with Crippen LogP contribution < -0.4 is 19.7 Å². The summed E-state index contributed by atoms with van der Waals surface area (Å²) in [5, 5.41) is 5.46. The largest absolute Gasteiger partial charge is 0.379 e. The fourth-order valence-electron chi connectivity index (χ4n) is 3.91. The predicted molar refractivity (Wildman–Crippen MR) is 141 cm³/mol. The molecule has 0 radical (unpaired) electrons. The molecule has 10 heteroatoms. The number of hydrogen-bond donors (Lipinski definition) is 2. The molecule has 0 spiro atoms. The number of urea groups is 1. The Morgan fingerprint density at radius 3 is 2.25 bits per heavy atom. The van der Waals surface area contributed by atoms with E-state index in [0.717, 1.165) is 31.6 Å². The molecule has 36 heavy (non-hydrogen) atoms. The van der Waals surface area contributed by atoms with Crippen LogP contribution in [-0.2, 0) is 21.5 Å². The summed E-state index contributed by atoms with van der Waals surface area (Å²) in [4.78, 5) is 27.8. The Morgan fingerprint density at radius 1 is 1.03 bits per heavy atom. The smallest absolute Gasteiger partial charge is 0.339 e. The van der Waals surface area contributed by atoms with Gasteiger partial charge in [-0.2, -0.15) is 8.42 Å². The monoisotopic (exact) mass is 516 g/mol. The number of carbonyl (C=O) groups excluding carboxylic acids is 2. The number of benzene rings is 2. The maximum atomic E-state index is 13.2. The average molecular weight is 517 g/mol. The lowest BCUT2D eigenvalue weighted by Crippen LogP contribution is -2.40. The van der Waals surface area contributed by atoms with Crippen LogP contribution in [0.3, 0.4) is 0 Å². The number of carbonyl (C=O) groups is 2. The standard InChI is InChI=1S/C26H36N4O5S/c1-5-27-26(32)30(17-20-8-9-20)18-21-10-13-23(29(6-2)7-3)16-25(21)35-36(33,34)24-14-11-22(12-15-24)28-19(4)31/h10-16,20H,5-9,17-18H2,1-4H3,(H,27,32)(H,28,31). The Labute approximate surface area is 213 Å². The first-order chi connectivity index (χ1) is 17.2. The van der Waals surface area contributed by atoms with Crippen molar-refractivity contribution in [3.63, 3.8) is 0 Å². The third-order valence-corrected chi connectivity index (χ3v) is 7.24. The summed E-state index contributed by atoms with van der Waals surface area (Å²) in [6, 6.07) is 11.1. The first-order valence-corrected chi connectivity index (χ1v) is 13.8. The van der Waals surface area contributed by atoms with Crippen LogP contribution in [0.25, 0.3) is 0 Å². The molecule has 0 saturated heterocycles. The minimum Gasteiger partial charge on any atom is -0.379 e. The summed E-state index contributed by atoms with van der Waals surface area (Å²) < 4.78 is 32.1. The maximum absolute atomic E-state index is 13.2. The fraction of sp³-hybridized carbons (Fsp3) is 0.462. The number of hydrogen-bond acceptors (Lipinski definition) is 6. The van der Waals surface area contributed by atoms with Crippen molar-refractivity contribution in [3.05, 3.63) is 48.0 Å². The lowest BCUT2D eigenvalue weighted by atomic mass is 10.1. The van der Waals surface area contributed by atoms with Gasteiger partial charge in [0.15, 0.2) is 0 Å². The number of anilines is 2. The number of nitrogens with zero attached hydrogens (tertiary/aromatic N) is 2. The number of nitrogens with one attached hydrogen (secondary N) is 2. The van der Waals surface area contributed by atoms with Crippen LogP contribution in [0.5, 0.6) is 5.75 Å².